The Labute approximate surface area is 149 Å². The lowest BCUT2D eigenvalue weighted by Gasteiger charge is -2.36. The van der Waals surface area contributed by atoms with Crippen molar-refractivity contribution >= 4 is 5.82 Å². The molecule has 0 radical (unpaired) electrons. The van der Waals surface area contributed by atoms with Crippen LogP contribution >= 0.6 is 0 Å². The fourth-order valence-electron chi connectivity index (χ4n) is 3.16. The van der Waals surface area contributed by atoms with E-state index in [0.717, 1.165) is 38.5 Å². The molecular formula is C19H27N5O. The molecule has 6 heteroatoms. The van der Waals surface area contributed by atoms with E-state index < -0.39 is 0 Å². The molecule has 0 aromatic carbocycles. The molecule has 0 amide bonds. The highest BCUT2D eigenvalue weighted by atomic mass is 16.5. The largest absolute Gasteiger partial charge is 0.383 e. The minimum Gasteiger partial charge on any atom is -0.383 e. The highest BCUT2D eigenvalue weighted by molar-refractivity contribution is 5.38. The van der Waals surface area contributed by atoms with Crippen LogP contribution in [0.1, 0.15) is 17.2 Å². The summed E-state index contributed by atoms with van der Waals surface area (Å²) in [5.41, 5.74) is 2.55. The highest BCUT2D eigenvalue weighted by Crippen LogP contribution is 2.23. The van der Waals surface area contributed by atoms with Gasteiger partial charge in [-0.2, -0.15) is 0 Å². The highest BCUT2D eigenvalue weighted by Gasteiger charge is 2.23. The molecule has 1 aliphatic heterocycles. The fraction of sp³-hybridized carbons (Fsp3) is 0.474. The SMILES string of the molecule is COCCN(C)c1ccc(CN2CCNCC2c2ccncc2)cn1. The number of rotatable bonds is 7. The molecule has 1 saturated heterocycles. The fourth-order valence-corrected chi connectivity index (χ4v) is 3.16. The van der Waals surface area contributed by atoms with Gasteiger partial charge < -0.3 is 15.0 Å². The number of ether oxygens (including phenoxy) is 1. The quantitative estimate of drug-likeness (QED) is 0.827. The minimum absolute atomic E-state index is 0.376. The van der Waals surface area contributed by atoms with E-state index in [-0.39, 0.29) is 0 Å². The number of hydrogen-bond donors (Lipinski definition) is 1. The number of anilines is 1. The second-order valence-electron chi connectivity index (χ2n) is 6.41. The minimum atomic E-state index is 0.376. The van der Waals surface area contributed by atoms with Crippen molar-refractivity contribution in [3.8, 4) is 0 Å². The monoisotopic (exact) mass is 341 g/mol. The van der Waals surface area contributed by atoms with Crippen LogP contribution < -0.4 is 10.2 Å². The van der Waals surface area contributed by atoms with Gasteiger partial charge in [0.2, 0.25) is 0 Å². The molecule has 1 unspecified atom stereocenters. The number of nitrogens with zero attached hydrogens (tertiary/aromatic N) is 4. The zero-order valence-electron chi connectivity index (χ0n) is 15.1. The van der Waals surface area contributed by atoms with Crippen LogP contribution in [0.4, 0.5) is 5.82 Å². The molecule has 6 nitrogen and oxygen atoms in total. The van der Waals surface area contributed by atoms with E-state index in [1.807, 2.05) is 25.6 Å². The van der Waals surface area contributed by atoms with Gasteiger partial charge >= 0.3 is 0 Å². The van der Waals surface area contributed by atoms with Crippen LogP contribution in [-0.4, -0.2) is 61.8 Å². The van der Waals surface area contributed by atoms with E-state index in [2.05, 4.69) is 49.4 Å². The van der Waals surface area contributed by atoms with Crippen molar-refractivity contribution in [1.82, 2.24) is 20.2 Å². The number of nitrogens with one attached hydrogen (secondary N) is 1. The summed E-state index contributed by atoms with van der Waals surface area (Å²) in [6, 6.07) is 8.86. The molecule has 1 fully saturated rings. The number of piperazine rings is 1. The Morgan fingerprint density at radius 1 is 1.28 bits per heavy atom. The first-order valence-corrected chi connectivity index (χ1v) is 8.77. The Balaban J connectivity index is 1.66. The molecular weight excluding hydrogens is 314 g/mol. The molecule has 0 spiro atoms. The average molecular weight is 341 g/mol. The first kappa shape index (κ1) is 17.8. The van der Waals surface area contributed by atoms with E-state index in [1.54, 1.807) is 7.11 Å². The van der Waals surface area contributed by atoms with Gasteiger partial charge in [0.05, 0.1) is 6.61 Å². The van der Waals surface area contributed by atoms with Crippen molar-refractivity contribution in [2.45, 2.75) is 12.6 Å². The normalized spacial score (nSPS) is 18.2. The number of hydrogen-bond acceptors (Lipinski definition) is 6. The number of methoxy groups -OCH3 is 1. The Morgan fingerprint density at radius 2 is 2.12 bits per heavy atom. The van der Waals surface area contributed by atoms with Crippen molar-refractivity contribution in [2.24, 2.45) is 0 Å². The Morgan fingerprint density at radius 3 is 2.84 bits per heavy atom. The first-order valence-electron chi connectivity index (χ1n) is 8.77. The molecule has 0 bridgehead atoms. The van der Waals surface area contributed by atoms with Crippen LogP contribution in [0.5, 0.6) is 0 Å². The molecule has 3 rings (SSSR count). The van der Waals surface area contributed by atoms with E-state index in [0.29, 0.717) is 12.6 Å². The van der Waals surface area contributed by atoms with E-state index in [4.69, 9.17) is 4.74 Å². The molecule has 25 heavy (non-hydrogen) atoms. The Hall–Kier alpha value is -2.02. The van der Waals surface area contributed by atoms with Crippen LogP contribution in [0.15, 0.2) is 42.9 Å². The number of aromatic nitrogens is 2. The standard InChI is InChI=1S/C19H27N5O/c1-23(11-12-25-2)19-4-3-16(13-22-19)15-24-10-9-21-14-18(24)17-5-7-20-8-6-17/h3-8,13,18,21H,9-12,14-15H2,1-2H3. The molecule has 1 N–H and O–H groups in total. The first-order chi connectivity index (χ1) is 12.3. The van der Waals surface area contributed by atoms with Crippen molar-refractivity contribution in [3.05, 3.63) is 54.0 Å². The van der Waals surface area contributed by atoms with Gasteiger partial charge in [-0.25, -0.2) is 4.98 Å². The maximum atomic E-state index is 5.13. The van der Waals surface area contributed by atoms with Crippen molar-refractivity contribution in [3.63, 3.8) is 0 Å². The summed E-state index contributed by atoms with van der Waals surface area (Å²) in [6.45, 7) is 5.47. The van der Waals surface area contributed by atoms with Crippen LogP contribution in [0.3, 0.4) is 0 Å². The van der Waals surface area contributed by atoms with Crippen molar-refractivity contribution < 1.29 is 4.74 Å². The van der Waals surface area contributed by atoms with Gasteiger partial charge in [-0.15, -0.1) is 0 Å². The zero-order chi connectivity index (χ0) is 17.5. The summed E-state index contributed by atoms with van der Waals surface area (Å²) in [6.07, 6.45) is 5.73. The Bertz CT molecular complexity index is 634. The summed E-state index contributed by atoms with van der Waals surface area (Å²) in [4.78, 5) is 13.4. The lowest BCUT2D eigenvalue weighted by molar-refractivity contribution is 0.153. The van der Waals surface area contributed by atoms with Crippen molar-refractivity contribution in [1.29, 1.82) is 0 Å². The molecule has 2 aromatic heterocycles. The van der Waals surface area contributed by atoms with Crippen LogP contribution in [0.25, 0.3) is 0 Å². The van der Waals surface area contributed by atoms with Crippen LogP contribution in [0.2, 0.25) is 0 Å². The molecule has 134 valence electrons. The number of likely N-dealkylation sites (N-methyl/N-ethyl adjacent to an activating group) is 1. The lowest BCUT2D eigenvalue weighted by atomic mass is 10.0. The van der Waals surface area contributed by atoms with Crippen molar-refractivity contribution in [2.75, 3.05) is 51.8 Å². The zero-order valence-corrected chi connectivity index (χ0v) is 15.1. The summed E-state index contributed by atoms with van der Waals surface area (Å²) in [5.74, 6) is 0.979. The van der Waals surface area contributed by atoms with E-state index in [9.17, 15) is 0 Å². The summed E-state index contributed by atoms with van der Waals surface area (Å²) < 4.78 is 5.13. The van der Waals surface area contributed by atoms with Gasteiger partial charge in [-0.3, -0.25) is 9.88 Å². The number of pyridine rings is 2. The topological polar surface area (TPSA) is 53.5 Å². The van der Waals surface area contributed by atoms with Crippen LogP contribution in [-0.2, 0) is 11.3 Å². The van der Waals surface area contributed by atoms with Gasteiger partial charge in [0.1, 0.15) is 5.82 Å². The Kier molecular flexibility index (Phi) is 6.33. The summed E-state index contributed by atoms with van der Waals surface area (Å²) >= 11 is 0. The predicted octanol–water partition coefficient (Wildman–Crippen LogP) is 1.71. The molecule has 1 atom stereocenters. The predicted molar refractivity (Wildman–Crippen MR) is 99.6 cm³/mol. The van der Waals surface area contributed by atoms with E-state index in [1.165, 1.54) is 11.1 Å². The molecule has 3 heterocycles. The maximum absolute atomic E-state index is 5.13. The van der Waals surface area contributed by atoms with Gasteiger partial charge in [-0.05, 0) is 29.3 Å². The maximum Gasteiger partial charge on any atom is 0.128 e. The third-order valence-corrected chi connectivity index (χ3v) is 4.66. The van der Waals surface area contributed by atoms with Gasteiger partial charge in [0.15, 0.2) is 0 Å². The molecule has 1 aliphatic rings. The summed E-state index contributed by atoms with van der Waals surface area (Å²) in [7, 11) is 3.76. The lowest BCUT2D eigenvalue weighted by Crippen LogP contribution is -2.45. The summed E-state index contributed by atoms with van der Waals surface area (Å²) in [5, 5.41) is 3.50. The van der Waals surface area contributed by atoms with Gasteiger partial charge in [0, 0.05) is 71.5 Å². The second-order valence-corrected chi connectivity index (χ2v) is 6.41. The van der Waals surface area contributed by atoms with Gasteiger partial charge in [0.25, 0.3) is 0 Å². The van der Waals surface area contributed by atoms with Crippen LogP contribution in [0, 0.1) is 0 Å². The van der Waals surface area contributed by atoms with Gasteiger partial charge in [-0.1, -0.05) is 6.07 Å². The third-order valence-electron chi connectivity index (χ3n) is 4.66. The average Bonchev–Trinajstić information content (AvgIpc) is 2.68. The molecule has 2 aromatic rings. The molecule has 0 saturated carbocycles. The third kappa shape index (κ3) is 4.75. The smallest absolute Gasteiger partial charge is 0.128 e. The second kappa shape index (κ2) is 8.89. The van der Waals surface area contributed by atoms with E-state index >= 15 is 0 Å². The molecule has 0 aliphatic carbocycles.